The van der Waals surface area contributed by atoms with E-state index in [1.807, 2.05) is 13.8 Å². The number of aliphatic hydroxyl groups excluding tert-OH is 1. The van der Waals surface area contributed by atoms with Gasteiger partial charge in [-0.05, 0) is 103 Å². The predicted octanol–water partition coefficient (Wildman–Crippen LogP) is 7.38. The van der Waals surface area contributed by atoms with Gasteiger partial charge < -0.3 is 14.6 Å². The first-order valence-corrected chi connectivity index (χ1v) is 12.0. The van der Waals surface area contributed by atoms with Gasteiger partial charge in [0.05, 0.1) is 31.0 Å². The number of hydrogen-bond acceptors (Lipinski definition) is 3. The Morgan fingerprint density at radius 1 is 0.750 bits per heavy atom. The summed E-state index contributed by atoms with van der Waals surface area (Å²) in [5, 5.41) is 14.6. The topological polar surface area (TPSA) is 38.7 Å². The average Bonchev–Trinajstić information content (AvgIpc) is 2.80. The summed E-state index contributed by atoms with van der Waals surface area (Å²) in [6.45, 7) is 16.0. The molecule has 0 aromatic heterocycles. The molecule has 1 atom stereocenters. The highest BCUT2D eigenvalue weighted by Gasteiger charge is 2.22. The van der Waals surface area contributed by atoms with E-state index in [1.165, 1.54) is 38.2 Å². The maximum absolute atomic E-state index is 9.47. The molecule has 1 unspecified atom stereocenters. The van der Waals surface area contributed by atoms with Crippen molar-refractivity contribution in [3.63, 3.8) is 0 Å². The number of aryl methyl sites for hydroxylation is 2. The molecule has 3 aromatic rings. The average molecular weight is 437 g/mol. The van der Waals surface area contributed by atoms with Crippen molar-refractivity contribution in [2.75, 3.05) is 6.61 Å². The molecule has 1 N–H and O–H groups in total. The van der Waals surface area contributed by atoms with Gasteiger partial charge in [-0.1, -0.05) is 44.5 Å². The van der Waals surface area contributed by atoms with Gasteiger partial charge >= 0.3 is 0 Å². The van der Waals surface area contributed by atoms with Crippen molar-refractivity contribution in [2.24, 2.45) is 0 Å². The van der Waals surface area contributed by atoms with Gasteiger partial charge in [0.25, 0.3) is 0 Å². The van der Waals surface area contributed by atoms with Crippen LogP contribution in [0.2, 0.25) is 0 Å². The van der Waals surface area contributed by atoms with Crippen LogP contribution in [0.3, 0.4) is 0 Å². The lowest BCUT2D eigenvalue weighted by molar-refractivity contribution is -0.0632. The van der Waals surface area contributed by atoms with Crippen molar-refractivity contribution in [1.82, 2.24) is 0 Å². The molecular weight excluding hydrogens is 396 g/mol. The van der Waals surface area contributed by atoms with Crippen molar-refractivity contribution in [1.29, 1.82) is 0 Å². The largest absolute Gasteiger partial charge is 0.393 e. The third-order valence-electron chi connectivity index (χ3n) is 6.91. The molecule has 0 heterocycles. The van der Waals surface area contributed by atoms with Crippen molar-refractivity contribution in [3.05, 3.63) is 58.7 Å². The fraction of sp³-hybridized carbons (Fsp3) is 0.517. The number of benzene rings is 3. The molecule has 0 fully saturated rings. The summed E-state index contributed by atoms with van der Waals surface area (Å²) in [6.07, 6.45) is 3.24. The monoisotopic (exact) mass is 436 g/mol. The van der Waals surface area contributed by atoms with E-state index in [9.17, 15) is 5.11 Å². The summed E-state index contributed by atoms with van der Waals surface area (Å²) < 4.78 is 12.3. The highest BCUT2D eigenvalue weighted by molar-refractivity contribution is 6.05. The Kier molecular flexibility index (Phi) is 7.65. The first-order valence-electron chi connectivity index (χ1n) is 12.0. The van der Waals surface area contributed by atoms with Gasteiger partial charge in [0.1, 0.15) is 0 Å². The molecule has 0 spiro atoms. The van der Waals surface area contributed by atoms with Crippen LogP contribution in [0.4, 0.5) is 0 Å². The van der Waals surface area contributed by atoms with Gasteiger partial charge in [0.15, 0.2) is 0 Å². The first-order chi connectivity index (χ1) is 15.1. The van der Waals surface area contributed by atoms with Crippen LogP contribution in [0.15, 0.2) is 36.4 Å². The summed E-state index contributed by atoms with van der Waals surface area (Å²) in [4.78, 5) is 0. The fourth-order valence-corrected chi connectivity index (χ4v) is 4.39. The Hall–Kier alpha value is -1.94. The first kappa shape index (κ1) is 24.7. The van der Waals surface area contributed by atoms with Crippen LogP contribution in [-0.2, 0) is 22.7 Å². The summed E-state index contributed by atoms with van der Waals surface area (Å²) >= 11 is 0. The molecule has 0 amide bonds. The summed E-state index contributed by atoms with van der Waals surface area (Å²) in [5.74, 6) is 0. The number of rotatable bonds is 10. The second-order valence-electron chi connectivity index (χ2n) is 10.1. The van der Waals surface area contributed by atoms with Gasteiger partial charge in [-0.2, -0.15) is 0 Å². The summed E-state index contributed by atoms with van der Waals surface area (Å²) in [7, 11) is 0. The molecule has 3 heteroatoms. The van der Waals surface area contributed by atoms with Crippen LogP contribution >= 0.6 is 0 Å². The van der Waals surface area contributed by atoms with E-state index >= 15 is 0 Å². The quantitative estimate of drug-likeness (QED) is 0.337. The zero-order valence-corrected chi connectivity index (χ0v) is 21.0. The van der Waals surface area contributed by atoms with E-state index in [-0.39, 0.29) is 12.2 Å². The van der Waals surface area contributed by atoms with Crippen LogP contribution in [-0.4, -0.2) is 22.9 Å². The smallest absolute Gasteiger partial charge is 0.0860 e. The van der Waals surface area contributed by atoms with Gasteiger partial charge in [-0.15, -0.1) is 0 Å². The summed E-state index contributed by atoms with van der Waals surface area (Å²) in [5.41, 5.74) is 4.34. The van der Waals surface area contributed by atoms with Crippen LogP contribution in [0.25, 0.3) is 21.5 Å². The SMILES string of the molecule is CCCC(C)(CC)OCc1ccc2c(C)c3ccc(COC(C)(C)CO)cc3c(C)c2c1. The Bertz CT molecular complexity index is 1080. The molecule has 0 aliphatic rings. The second-order valence-corrected chi connectivity index (χ2v) is 10.1. The van der Waals surface area contributed by atoms with E-state index in [4.69, 9.17) is 9.47 Å². The van der Waals surface area contributed by atoms with E-state index in [0.29, 0.717) is 13.2 Å². The van der Waals surface area contributed by atoms with Gasteiger partial charge in [0, 0.05) is 0 Å². The standard InChI is InChI=1S/C29H40O3/c1-8-14-29(7,9-2)32-18-23-11-13-25-20(3)24-12-10-22(17-31-28(5,6)19-30)15-26(24)21(4)27(25)16-23/h10-13,15-16,30H,8-9,14,17-19H2,1-7H3. The lowest BCUT2D eigenvalue weighted by Gasteiger charge is -2.28. The van der Waals surface area contributed by atoms with Gasteiger partial charge in [-0.3, -0.25) is 0 Å². The molecule has 0 radical (unpaired) electrons. The maximum atomic E-state index is 9.47. The van der Waals surface area contributed by atoms with Crippen LogP contribution < -0.4 is 0 Å². The number of fused-ring (bicyclic) bond motifs is 2. The molecule has 0 saturated carbocycles. The molecule has 3 rings (SSSR count). The lowest BCUT2D eigenvalue weighted by atomic mass is 9.91. The maximum Gasteiger partial charge on any atom is 0.0860 e. The highest BCUT2D eigenvalue weighted by atomic mass is 16.5. The molecule has 32 heavy (non-hydrogen) atoms. The molecule has 3 aromatic carbocycles. The molecule has 0 saturated heterocycles. The van der Waals surface area contributed by atoms with Crippen LogP contribution in [0.1, 0.15) is 76.1 Å². The predicted molar refractivity (Wildman–Crippen MR) is 135 cm³/mol. The lowest BCUT2D eigenvalue weighted by Crippen LogP contribution is -2.28. The minimum absolute atomic E-state index is 0.00351. The Labute approximate surface area is 193 Å². The Morgan fingerprint density at radius 2 is 1.25 bits per heavy atom. The Balaban J connectivity index is 1.96. The van der Waals surface area contributed by atoms with Gasteiger partial charge in [-0.25, -0.2) is 0 Å². The van der Waals surface area contributed by atoms with Gasteiger partial charge in [0.2, 0.25) is 0 Å². The van der Waals surface area contributed by atoms with E-state index in [0.717, 1.165) is 24.8 Å². The zero-order valence-electron chi connectivity index (χ0n) is 21.0. The molecule has 174 valence electrons. The third kappa shape index (κ3) is 5.33. The van der Waals surface area contributed by atoms with Crippen LogP contribution in [0, 0.1) is 13.8 Å². The van der Waals surface area contributed by atoms with Crippen molar-refractivity contribution in [2.45, 2.75) is 92.1 Å². The minimum Gasteiger partial charge on any atom is -0.393 e. The van der Waals surface area contributed by atoms with E-state index < -0.39 is 5.60 Å². The third-order valence-corrected chi connectivity index (χ3v) is 6.91. The normalized spacial score (nSPS) is 14.2. The molecule has 0 aliphatic heterocycles. The zero-order chi connectivity index (χ0) is 23.5. The van der Waals surface area contributed by atoms with Crippen molar-refractivity contribution < 1.29 is 14.6 Å². The molecular formula is C29H40O3. The van der Waals surface area contributed by atoms with E-state index in [2.05, 4.69) is 71.0 Å². The van der Waals surface area contributed by atoms with Crippen molar-refractivity contribution in [3.8, 4) is 0 Å². The molecule has 0 bridgehead atoms. The number of hydrogen-bond donors (Lipinski definition) is 1. The summed E-state index contributed by atoms with van der Waals surface area (Å²) in [6, 6.07) is 13.3. The molecule has 3 nitrogen and oxygen atoms in total. The number of aliphatic hydroxyl groups is 1. The van der Waals surface area contributed by atoms with E-state index in [1.54, 1.807) is 0 Å². The fourth-order valence-electron chi connectivity index (χ4n) is 4.39. The highest BCUT2D eigenvalue weighted by Crippen LogP contribution is 2.34. The second kappa shape index (κ2) is 9.91. The number of ether oxygens (including phenoxy) is 2. The van der Waals surface area contributed by atoms with Crippen LogP contribution in [0.5, 0.6) is 0 Å². The Morgan fingerprint density at radius 3 is 1.72 bits per heavy atom. The molecule has 0 aliphatic carbocycles. The van der Waals surface area contributed by atoms with Crippen molar-refractivity contribution >= 4 is 21.5 Å². The minimum atomic E-state index is -0.539.